The highest BCUT2D eigenvalue weighted by atomic mass is 16.5. The van der Waals surface area contributed by atoms with Crippen molar-refractivity contribution in [3.8, 4) is 0 Å². The molecule has 0 unspecified atom stereocenters. The van der Waals surface area contributed by atoms with Gasteiger partial charge in [0, 0.05) is 39.1 Å². The van der Waals surface area contributed by atoms with Crippen molar-refractivity contribution in [3.05, 3.63) is 0 Å². The van der Waals surface area contributed by atoms with E-state index in [0.29, 0.717) is 39.5 Å². The van der Waals surface area contributed by atoms with Gasteiger partial charge in [0.1, 0.15) is 6.04 Å². The molecule has 0 saturated carbocycles. The molecule has 0 spiro atoms. The summed E-state index contributed by atoms with van der Waals surface area (Å²) in [5.41, 5.74) is 0. The van der Waals surface area contributed by atoms with Crippen LogP contribution in [0.5, 0.6) is 0 Å². The number of hydrogen-bond acceptors (Lipinski definition) is 5. The molecular weight excluding hydrogens is 314 g/mol. The molecule has 0 rings (SSSR count). The van der Waals surface area contributed by atoms with Gasteiger partial charge in [0.2, 0.25) is 17.7 Å². The first-order valence-corrected chi connectivity index (χ1v) is 8.54. The van der Waals surface area contributed by atoms with E-state index in [9.17, 15) is 14.4 Å². The minimum atomic E-state index is -0.725. The van der Waals surface area contributed by atoms with Crippen molar-refractivity contribution in [2.24, 2.45) is 0 Å². The Morgan fingerprint density at radius 2 is 1.46 bits per heavy atom. The van der Waals surface area contributed by atoms with Gasteiger partial charge in [-0.1, -0.05) is 6.92 Å². The number of carbonyl (C=O) groups excluding carboxylic acids is 3. The van der Waals surface area contributed by atoms with Gasteiger partial charge in [-0.05, 0) is 20.3 Å². The van der Waals surface area contributed by atoms with E-state index in [2.05, 4.69) is 16.0 Å². The van der Waals surface area contributed by atoms with Crippen molar-refractivity contribution in [3.63, 3.8) is 0 Å². The molecular formula is C16H31N3O5. The zero-order chi connectivity index (χ0) is 18.2. The molecule has 24 heavy (non-hydrogen) atoms. The Morgan fingerprint density at radius 1 is 0.875 bits per heavy atom. The lowest BCUT2D eigenvalue weighted by Crippen LogP contribution is -2.47. The van der Waals surface area contributed by atoms with Crippen LogP contribution in [0, 0.1) is 0 Å². The highest BCUT2D eigenvalue weighted by Gasteiger charge is 2.20. The second kappa shape index (κ2) is 14.9. The maximum atomic E-state index is 12.1. The summed E-state index contributed by atoms with van der Waals surface area (Å²) in [6.45, 7) is 8.30. The molecule has 0 saturated heterocycles. The maximum Gasteiger partial charge on any atom is 0.242 e. The zero-order valence-corrected chi connectivity index (χ0v) is 15.0. The van der Waals surface area contributed by atoms with E-state index in [-0.39, 0.29) is 37.0 Å². The molecule has 3 N–H and O–H groups in total. The summed E-state index contributed by atoms with van der Waals surface area (Å²) in [6, 6.07) is -0.725. The quantitative estimate of drug-likeness (QED) is 0.383. The third-order valence-electron chi connectivity index (χ3n) is 3.16. The summed E-state index contributed by atoms with van der Waals surface area (Å²) in [5.74, 6) is -0.706. The van der Waals surface area contributed by atoms with Crippen LogP contribution < -0.4 is 16.0 Å². The van der Waals surface area contributed by atoms with E-state index in [1.165, 1.54) is 0 Å². The average Bonchev–Trinajstić information content (AvgIpc) is 2.58. The smallest absolute Gasteiger partial charge is 0.242 e. The van der Waals surface area contributed by atoms with Crippen molar-refractivity contribution in [1.82, 2.24) is 16.0 Å². The largest absolute Gasteiger partial charge is 0.380 e. The Balaban J connectivity index is 4.26. The fourth-order valence-corrected chi connectivity index (χ4v) is 1.85. The van der Waals surface area contributed by atoms with Gasteiger partial charge < -0.3 is 25.4 Å². The molecule has 8 heteroatoms. The maximum absolute atomic E-state index is 12.1. The zero-order valence-electron chi connectivity index (χ0n) is 15.0. The Bertz CT molecular complexity index is 377. The van der Waals surface area contributed by atoms with Crippen LogP contribution in [-0.2, 0) is 23.9 Å². The monoisotopic (exact) mass is 345 g/mol. The van der Waals surface area contributed by atoms with Crippen LogP contribution in [0.3, 0.4) is 0 Å². The summed E-state index contributed by atoms with van der Waals surface area (Å²) in [4.78, 5) is 35.5. The highest BCUT2D eigenvalue weighted by Crippen LogP contribution is 1.99. The predicted octanol–water partition coefficient (Wildman–Crippen LogP) is -0.0332. The number of amides is 3. The molecule has 0 heterocycles. The van der Waals surface area contributed by atoms with Crippen molar-refractivity contribution in [2.45, 2.75) is 46.1 Å². The van der Waals surface area contributed by atoms with E-state index in [0.717, 1.165) is 0 Å². The molecule has 0 aliphatic heterocycles. The van der Waals surface area contributed by atoms with Crippen LogP contribution in [0.15, 0.2) is 0 Å². The van der Waals surface area contributed by atoms with E-state index in [4.69, 9.17) is 9.47 Å². The van der Waals surface area contributed by atoms with Crippen molar-refractivity contribution in [1.29, 1.82) is 0 Å². The van der Waals surface area contributed by atoms with Crippen molar-refractivity contribution < 1.29 is 23.9 Å². The lowest BCUT2D eigenvalue weighted by atomic mass is 10.1. The van der Waals surface area contributed by atoms with Gasteiger partial charge in [0.25, 0.3) is 0 Å². The summed E-state index contributed by atoms with van der Waals surface area (Å²) >= 11 is 0. The minimum absolute atomic E-state index is 0.152. The number of hydrogen-bond donors (Lipinski definition) is 3. The fourth-order valence-electron chi connectivity index (χ4n) is 1.85. The van der Waals surface area contributed by atoms with Crippen LogP contribution in [0.2, 0.25) is 0 Å². The Morgan fingerprint density at radius 3 is 2.00 bits per heavy atom. The summed E-state index contributed by atoms with van der Waals surface area (Å²) < 4.78 is 10.3. The van der Waals surface area contributed by atoms with Gasteiger partial charge in [-0.2, -0.15) is 0 Å². The minimum Gasteiger partial charge on any atom is -0.380 e. The van der Waals surface area contributed by atoms with Crippen LogP contribution in [0.25, 0.3) is 0 Å². The van der Waals surface area contributed by atoms with Crippen LogP contribution in [0.4, 0.5) is 0 Å². The molecule has 0 aromatic heterocycles. The number of nitrogens with one attached hydrogen (secondary N) is 3. The molecule has 8 nitrogen and oxygen atoms in total. The lowest BCUT2D eigenvalue weighted by molar-refractivity contribution is -0.129. The molecule has 0 radical (unpaired) electrons. The first-order valence-electron chi connectivity index (χ1n) is 8.54. The highest BCUT2D eigenvalue weighted by molar-refractivity contribution is 5.88. The molecule has 1 atom stereocenters. The molecule has 3 amide bonds. The van der Waals surface area contributed by atoms with Crippen LogP contribution >= 0.6 is 0 Å². The Kier molecular flexibility index (Phi) is 13.9. The number of ether oxygens (including phenoxy) is 2. The Hall–Kier alpha value is -1.67. The molecule has 0 aromatic rings. The average molecular weight is 345 g/mol. The standard InChI is InChI=1S/C16H31N3O5/c1-4-14(20)19-13(16(22)18-10-12-24-6-3)7-8-15(21)17-9-11-23-5-2/h13H,4-12H2,1-3H3,(H,17,21)(H,18,22)(H,19,20)/t13-/m0/s1. The molecule has 0 fully saturated rings. The molecule has 0 aliphatic rings. The number of rotatable bonds is 14. The molecule has 0 aliphatic carbocycles. The van der Waals surface area contributed by atoms with Crippen LogP contribution in [-0.4, -0.2) is 63.3 Å². The summed E-state index contributed by atoms with van der Waals surface area (Å²) in [7, 11) is 0. The first-order chi connectivity index (χ1) is 11.5. The third kappa shape index (κ3) is 11.8. The normalized spacial score (nSPS) is 11.6. The molecule has 0 bridgehead atoms. The van der Waals surface area contributed by atoms with Gasteiger partial charge >= 0.3 is 0 Å². The molecule has 140 valence electrons. The van der Waals surface area contributed by atoms with E-state index >= 15 is 0 Å². The predicted molar refractivity (Wildman–Crippen MR) is 90.5 cm³/mol. The van der Waals surface area contributed by atoms with E-state index < -0.39 is 6.04 Å². The van der Waals surface area contributed by atoms with Gasteiger partial charge in [0.05, 0.1) is 13.2 Å². The van der Waals surface area contributed by atoms with Gasteiger partial charge in [0.15, 0.2) is 0 Å². The summed E-state index contributed by atoms with van der Waals surface area (Å²) in [6.07, 6.45) is 0.676. The van der Waals surface area contributed by atoms with Crippen molar-refractivity contribution >= 4 is 17.7 Å². The van der Waals surface area contributed by atoms with Gasteiger partial charge in [-0.15, -0.1) is 0 Å². The van der Waals surface area contributed by atoms with Crippen molar-refractivity contribution in [2.75, 3.05) is 39.5 Å². The third-order valence-corrected chi connectivity index (χ3v) is 3.16. The Labute approximate surface area is 144 Å². The molecule has 0 aromatic carbocycles. The first kappa shape index (κ1) is 22.3. The topological polar surface area (TPSA) is 106 Å². The van der Waals surface area contributed by atoms with Gasteiger partial charge in [-0.25, -0.2) is 0 Å². The fraction of sp³-hybridized carbons (Fsp3) is 0.812. The van der Waals surface area contributed by atoms with E-state index in [1.54, 1.807) is 6.92 Å². The second-order valence-corrected chi connectivity index (χ2v) is 5.05. The van der Waals surface area contributed by atoms with E-state index in [1.807, 2.05) is 13.8 Å². The second-order valence-electron chi connectivity index (χ2n) is 5.05. The van der Waals surface area contributed by atoms with Gasteiger partial charge in [-0.3, -0.25) is 14.4 Å². The SMILES string of the molecule is CCOCCNC(=O)CC[C@H](NC(=O)CC)C(=O)NCCOCC. The lowest BCUT2D eigenvalue weighted by Gasteiger charge is -2.18. The van der Waals surface area contributed by atoms with Crippen LogP contribution in [0.1, 0.15) is 40.0 Å². The number of carbonyl (C=O) groups is 3. The summed E-state index contributed by atoms with van der Waals surface area (Å²) in [5, 5.41) is 8.05.